The minimum atomic E-state index is -3.71. The lowest BCUT2D eigenvalue weighted by Crippen LogP contribution is -2.48. The van der Waals surface area contributed by atoms with Crippen molar-refractivity contribution in [2.45, 2.75) is 16.2 Å². The fourth-order valence-electron chi connectivity index (χ4n) is 1.76. The number of ether oxygens (including phenoxy) is 1. The summed E-state index contributed by atoms with van der Waals surface area (Å²) < 4.78 is 31.5. The molecule has 1 aromatic heterocycles. The molecule has 0 aliphatic carbocycles. The van der Waals surface area contributed by atoms with E-state index in [0.29, 0.717) is 17.4 Å². The number of hydrogen-bond acceptors (Lipinski definition) is 5. The third-order valence-corrected chi connectivity index (χ3v) is 6.60. The van der Waals surface area contributed by atoms with Crippen LogP contribution in [0.25, 0.3) is 0 Å². The van der Waals surface area contributed by atoms with E-state index in [4.69, 9.17) is 16.3 Å². The molecule has 1 saturated heterocycles. The Bertz CT molecular complexity index is 585. The van der Waals surface area contributed by atoms with Gasteiger partial charge in [0, 0.05) is 20.1 Å². The smallest absolute Gasteiger partial charge is 0.253 e. The van der Waals surface area contributed by atoms with Crippen LogP contribution in [-0.2, 0) is 14.8 Å². The first-order chi connectivity index (χ1) is 8.42. The zero-order valence-corrected chi connectivity index (χ0v) is 12.0. The van der Waals surface area contributed by atoms with Gasteiger partial charge >= 0.3 is 0 Å². The van der Waals surface area contributed by atoms with Gasteiger partial charge in [-0.2, -0.15) is 9.57 Å². The summed E-state index contributed by atoms with van der Waals surface area (Å²) in [6.45, 7) is 0.483. The molecule has 1 aliphatic heterocycles. The van der Waals surface area contributed by atoms with Crippen molar-refractivity contribution in [1.82, 2.24) is 4.31 Å². The molecular formula is C10H11ClN2O3S2. The molecule has 98 valence electrons. The molecule has 0 amide bonds. The van der Waals surface area contributed by atoms with Crippen molar-refractivity contribution in [2.75, 3.05) is 20.3 Å². The van der Waals surface area contributed by atoms with E-state index in [0.717, 1.165) is 15.6 Å². The molecule has 5 nitrogen and oxygen atoms in total. The van der Waals surface area contributed by atoms with Crippen LogP contribution in [0.1, 0.15) is 6.42 Å². The Kier molecular flexibility index (Phi) is 3.67. The maximum absolute atomic E-state index is 12.4. The Balaban J connectivity index is 2.39. The fourth-order valence-corrected chi connectivity index (χ4v) is 4.86. The van der Waals surface area contributed by atoms with Gasteiger partial charge in [-0.3, -0.25) is 0 Å². The topological polar surface area (TPSA) is 70.4 Å². The Labute approximate surface area is 115 Å². The van der Waals surface area contributed by atoms with Crippen LogP contribution >= 0.6 is 22.9 Å². The van der Waals surface area contributed by atoms with Gasteiger partial charge in [-0.05, 0) is 12.1 Å². The number of likely N-dealkylation sites (N-methyl/N-ethyl adjacent to an activating group) is 1. The zero-order valence-electron chi connectivity index (χ0n) is 9.59. The van der Waals surface area contributed by atoms with Crippen LogP contribution in [-0.4, -0.2) is 38.5 Å². The molecule has 0 saturated carbocycles. The minimum Gasteiger partial charge on any atom is -0.378 e. The van der Waals surface area contributed by atoms with E-state index in [9.17, 15) is 13.7 Å². The first-order valence-electron chi connectivity index (χ1n) is 5.16. The molecule has 2 rings (SSSR count). The summed E-state index contributed by atoms with van der Waals surface area (Å²) in [5.41, 5.74) is -1.12. The molecular weight excluding hydrogens is 296 g/mol. The molecule has 1 unspecified atom stereocenters. The van der Waals surface area contributed by atoms with Gasteiger partial charge in [-0.25, -0.2) is 8.42 Å². The quantitative estimate of drug-likeness (QED) is 0.852. The number of sulfonamides is 1. The number of rotatable bonds is 3. The summed E-state index contributed by atoms with van der Waals surface area (Å²) in [6.07, 6.45) is 0.373. The number of nitriles is 1. The first-order valence-corrected chi connectivity index (χ1v) is 7.79. The first kappa shape index (κ1) is 13.8. The number of hydrogen-bond donors (Lipinski definition) is 0. The molecule has 1 fully saturated rings. The highest BCUT2D eigenvalue weighted by Gasteiger charge is 2.45. The number of halogens is 1. The largest absolute Gasteiger partial charge is 0.378 e. The van der Waals surface area contributed by atoms with Crippen LogP contribution in [0.5, 0.6) is 0 Å². The van der Waals surface area contributed by atoms with E-state index in [2.05, 4.69) is 6.07 Å². The molecule has 2 heterocycles. The molecule has 0 bridgehead atoms. The maximum atomic E-state index is 12.4. The summed E-state index contributed by atoms with van der Waals surface area (Å²) in [6, 6.07) is 5.02. The van der Waals surface area contributed by atoms with Gasteiger partial charge in [0.25, 0.3) is 10.0 Å². The number of nitrogens with zero attached hydrogens (tertiary/aromatic N) is 2. The Morgan fingerprint density at radius 2 is 2.33 bits per heavy atom. The van der Waals surface area contributed by atoms with Crippen molar-refractivity contribution >= 4 is 33.0 Å². The van der Waals surface area contributed by atoms with Crippen LogP contribution in [0.2, 0.25) is 4.34 Å². The lowest BCUT2D eigenvalue weighted by molar-refractivity contribution is 0.163. The van der Waals surface area contributed by atoms with Gasteiger partial charge < -0.3 is 4.74 Å². The van der Waals surface area contributed by atoms with E-state index < -0.39 is 15.6 Å². The lowest BCUT2D eigenvalue weighted by Gasteiger charge is -2.29. The van der Waals surface area contributed by atoms with Crippen molar-refractivity contribution < 1.29 is 13.2 Å². The average Bonchev–Trinajstić information content (AvgIpc) is 2.97. The highest BCUT2D eigenvalue weighted by atomic mass is 35.5. The number of thiophene rings is 1. The van der Waals surface area contributed by atoms with E-state index in [1.807, 2.05) is 0 Å². The maximum Gasteiger partial charge on any atom is 0.253 e. The van der Waals surface area contributed by atoms with Crippen LogP contribution in [0, 0.1) is 11.3 Å². The molecule has 1 aliphatic rings. The van der Waals surface area contributed by atoms with Gasteiger partial charge in [0.05, 0.1) is 17.0 Å². The minimum absolute atomic E-state index is 0.0956. The predicted octanol–water partition coefficient (Wildman–Crippen LogP) is 1.70. The Morgan fingerprint density at radius 3 is 2.78 bits per heavy atom. The van der Waals surface area contributed by atoms with Gasteiger partial charge in [-0.15, -0.1) is 11.3 Å². The predicted molar refractivity (Wildman–Crippen MR) is 68.1 cm³/mol. The molecule has 0 spiro atoms. The molecule has 0 aromatic carbocycles. The summed E-state index contributed by atoms with van der Waals surface area (Å²) in [5, 5.41) is 9.24. The van der Waals surface area contributed by atoms with Crippen LogP contribution in [0.15, 0.2) is 16.3 Å². The highest BCUT2D eigenvalue weighted by Crippen LogP contribution is 2.33. The second-order valence-corrected chi connectivity index (χ2v) is 7.89. The monoisotopic (exact) mass is 306 g/mol. The summed E-state index contributed by atoms with van der Waals surface area (Å²) in [7, 11) is -2.30. The Hall–Kier alpha value is -0.650. The van der Waals surface area contributed by atoms with Gasteiger partial charge in [0.15, 0.2) is 0 Å². The second-order valence-electron chi connectivity index (χ2n) is 3.98. The van der Waals surface area contributed by atoms with Crippen LogP contribution in [0.3, 0.4) is 0 Å². The molecule has 1 aromatic rings. The molecule has 0 N–H and O–H groups in total. The van der Waals surface area contributed by atoms with Crippen molar-refractivity contribution in [2.24, 2.45) is 0 Å². The van der Waals surface area contributed by atoms with E-state index in [1.165, 1.54) is 19.2 Å². The average molecular weight is 307 g/mol. The van der Waals surface area contributed by atoms with E-state index in [-0.39, 0.29) is 10.8 Å². The lowest BCUT2D eigenvalue weighted by atomic mass is 10.0. The molecule has 8 heteroatoms. The van der Waals surface area contributed by atoms with Crippen molar-refractivity contribution in [3.8, 4) is 6.07 Å². The highest BCUT2D eigenvalue weighted by molar-refractivity contribution is 7.91. The molecule has 0 radical (unpaired) electrons. The third-order valence-electron chi connectivity index (χ3n) is 2.98. The second kappa shape index (κ2) is 4.79. The standard InChI is InChI=1S/C10H11ClN2O3S2/c1-13(10(6-12)4-5-16-7-10)18(14,15)9-3-2-8(11)17-9/h2-3H,4-5,7H2,1H3. The normalized spacial score (nSPS) is 24.3. The van der Waals surface area contributed by atoms with Crippen LogP contribution in [0.4, 0.5) is 0 Å². The van der Waals surface area contributed by atoms with Crippen LogP contribution < -0.4 is 0 Å². The summed E-state index contributed by atoms with van der Waals surface area (Å²) in [4.78, 5) is 0. The summed E-state index contributed by atoms with van der Waals surface area (Å²) in [5.74, 6) is 0. The van der Waals surface area contributed by atoms with Gasteiger partial charge in [0.1, 0.15) is 9.75 Å². The SMILES string of the molecule is CN(C1(C#N)CCOC1)S(=O)(=O)c1ccc(Cl)s1. The van der Waals surface area contributed by atoms with Crippen molar-refractivity contribution in [3.63, 3.8) is 0 Å². The van der Waals surface area contributed by atoms with E-state index in [1.54, 1.807) is 0 Å². The Morgan fingerprint density at radius 1 is 1.61 bits per heavy atom. The van der Waals surface area contributed by atoms with Crippen molar-refractivity contribution in [3.05, 3.63) is 16.5 Å². The molecule has 18 heavy (non-hydrogen) atoms. The van der Waals surface area contributed by atoms with Crippen molar-refractivity contribution in [1.29, 1.82) is 5.26 Å². The fraction of sp³-hybridized carbons (Fsp3) is 0.500. The zero-order chi connectivity index (χ0) is 13.4. The van der Waals surface area contributed by atoms with Gasteiger partial charge in [0.2, 0.25) is 0 Å². The molecule has 1 atom stereocenters. The van der Waals surface area contributed by atoms with Gasteiger partial charge in [-0.1, -0.05) is 11.6 Å². The summed E-state index contributed by atoms with van der Waals surface area (Å²) >= 11 is 6.72. The third kappa shape index (κ3) is 2.15. The van der Waals surface area contributed by atoms with E-state index >= 15 is 0 Å².